The number of hydrogen-bond donors (Lipinski definition) is 2. The number of nitrogens with one attached hydrogen (secondary N) is 2. The first-order valence-corrected chi connectivity index (χ1v) is 15.4. The average Bonchev–Trinajstić information content (AvgIpc) is 3.24. The van der Waals surface area contributed by atoms with Crippen LogP contribution in [0.2, 0.25) is 0 Å². The second kappa shape index (κ2) is 10.6. The van der Waals surface area contributed by atoms with E-state index in [9.17, 15) is 13.2 Å². The number of rotatable bonds is 9. The van der Waals surface area contributed by atoms with Gasteiger partial charge in [0.05, 0.1) is 34.3 Å². The lowest BCUT2D eigenvalue weighted by Crippen LogP contribution is -2.41. The molecule has 0 radical (unpaired) electrons. The molecule has 218 valence electrons. The van der Waals surface area contributed by atoms with E-state index in [2.05, 4.69) is 20.0 Å². The number of anilines is 2. The zero-order valence-corrected chi connectivity index (χ0v) is 24.5. The molecule has 2 aromatic heterocycles. The molecule has 6 rings (SSSR count). The summed E-state index contributed by atoms with van der Waals surface area (Å²) in [5, 5.41) is 3.18. The van der Waals surface area contributed by atoms with E-state index in [0.29, 0.717) is 53.6 Å². The molecule has 4 aromatic rings. The van der Waals surface area contributed by atoms with Crippen LogP contribution < -0.4 is 14.8 Å². The van der Waals surface area contributed by atoms with Gasteiger partial charge in [0, 0.05) is 34.8 Å². The third-order valence-corrected chi connectivity index (χ3v) is 9.45. The highest BCUT2D eigenvalue weighted by Gasteiger charge is 2.52. The lowest BCUT2D eigenvalue weighted by Gasteiger charge is -2.36. The molecule has 1 aliphatic carbocycles. The van der Waals surface area contributed by atoms with Crippen molar-refractivity contribution in [1.29, 1.82) is 0 Å². The molecule has 0 saturated heterocycles. The van der Waals surface area contributed by atoms with Crippen molar-refractivity contribution in [2.75, 3.05) is 37.3 Å². The van der Waals surface area contributed by atoms with E-state index in [1.807, 2.05) is 25.9 Å². The summed E-state index contributed by atoms with van der Waals surface area (Å²) in [5.41, 5.74) is 2.49. The van der Waals surface area contributed by atoms with Gasteiger partial charge < -0.3 is 15.0 Å². The molecule has 9 nitrogen and oxygen atoms in total. The first-order valence-electron chi connectivity index (χ1n) is 13.9. The van der Waals surface area contributed by atoms with Gasteiger partial charge in [0.25, 0.3) is 10.0 Å². The molecule has 2 aromatic carbocycles. The van der Waals surface area contributed by atoms with Crippen LogP contribution in [-0.2, 0) is 20.2 Å². The number of aromatic nitrogens is 2. The zero-order chi connectivity index (χ0) is 29.6. The van der Waals surface area contributed by atoms with Crippen molar-refractivity contribution in [2.45, 2.75) is 42.9 Å². The monoisotopic (exact) mass is 589 g/mol. The zero-order valence-electron chi connectivity index (χ0n) is 23.7. The maximum atomic E-state index is 16.5. The Morgan fingerprint density at radius 2 is 1.86 bits per heavy atom. The molecule has 42 heavy (non-hydrogen) atoms. The van der Waals surface area contributed by atoms with Crippen molar-refractivity contribution in [3.63, 3.8) is 0 Å². The molecule has 1 aliphatic heterocycles. The molecular formula is C31H32FN5O4S. The molecule has 3 heterocycles. The molecular weight excluding hydrogens is 557 g/mol. The number of amides is 1. The minimum absolute atomic E-state index is 0.0820. The number of halogens is 1. The summed E-state index contributed by atoms with van der Waals surface area (Å²) in [7, 11) is -0.0848. The lowest BCUT2D eigenvalue weighted by atomic mass is 9.64. The van der Waals surface area contributed by atoms with Crippen LogP contribution in [0.4, 0.5) is 15.8 Å². The molecule has 2 aliphatic rings. The van der Waals surface area contributed by atoms with E-state index in [1.165, 1.54) is 24.4 Å². The van der Waals surface area contributed by atoms with Gasteiger partial charge in [-0.1, -0.05) is 24.1 Å². The number of sulfonamides is 1. The Balaban J connectivity index is 1.42. The van der Waals surface area contributed by atoms with Gasteiger partial charge >= 0.3 is 0 Å². The average molecular weight is 590 g/mol. The summed E-state index contributed by atoms with van der Waals surface area (Å²) in [6.07, 6.45) is 5.95. The Morgan fingerprint density at radius 3 is 2.55 bits per heavy atom. The van der Waals surface area contributed by atoms with Crippen molar-refractivity contribution < 1.29 is 22.3 Å². The Bertz CT molecular complexity index is 1800. The molecule has 1 amide bonds. The van der Waals surface area contributed by atoms with Crippen LogP contribution in [0.1, 0.15) is 36.8 Å². The number of fused-ring (bicyclic) bond motifs is 4. The third kappa shape index (κ3) is 4.86. The van der Waals surface area contributed by atoms with Gasteiger partial charge in [-0.3, -0.25) is 14.5 Å². The Hall–Kier alpha value is -4.09. The SMILES string of the molecule is Cc1ccc(S(=O)(=O)Nc2cc(-c3ccc4ncc5c(c4c3F)C3(CCC3)C(=O)N5)cnc2OCCCN(C)C)cc1. The fraction of sp³-hybridized carbons (Fsp3) is 0.323. The number of pyridine rings is 2. The second-order valence-electron chi connectivity index (χ2n) is 11.3. The second-order valence-corrected chi connectivity index (χ2v) is 12.9. The highest BCUT2D eigenvalue weighted by Crippen LogP contribution is 2.54. The minimum atomic E-state index is -3.99. The molecule has 2 N–H and O–H groups in total. The van der Waals surface area contributed by atoms with Gasteiger partial charge in [-0.2, -0.15) is 0 Å². The van der Waals surface area contributed by atoms with Crippen LogP contribution in [-0.4, -0.2) is 56.4 Å². The quantitative estimate of drug-likeness (QED) is 0.257. The maximum Gasteiger partial charge on any atom is 0.262 e. The number of ether oxygens (including phenoxy) is 1. The number of benzene rings is 2. The molecule has 11 heteroatoms. The number of hydrogen-bond acceptors (Lipinski definition) is 7. The topological polar surface area (TPSA) is 114 Å². The molecule has 1 spiro atoms. The number of nitrogens with zero attached hydrogens (tertiary/aromatic N) is 3. The minimum Gasteiger partial charge on any atom is -0.476 e. The summed E-state index contributed by atoms with van der Waals surface area (Å²) in [6.45, 7) is 2.97. The predicted molar refractivity (Wildman–Crippen MR) is 160 cm³/mol. The number of carbonyl (C=O) groups excluding carboxylic acids is 1. The van der Waals surface area contributed by atoms with E-state index in [1.54, 1.807) is 30.5 Å². The lowest BCUT2D eigenvalue weighted by molar-refractivity contribution is -0.123. The fourth-order valence-electron chi connectivity index (χ4n) is 5.68. The highest BCUT2D eigenvalue weighted by molar-refractivity contribution is 7.92. The Morgan fingerprint density at radius 1 is 1.10 bits per heavy atom. The van der Waals surface area contributed by atoms with E-state index in [-0.39, 0.29) is 27.9 Å². The molecule has 0 unspecified atom stereocenters. The maximum absolute atomic E-state index is 16.5. The van der Waals surface area contributed by atoms with E-state index in [4.69, 9.17) is 4.74 Å². The number of carbonyl (C=O) groups is 1. The Labute approximate surface area is 244 Å². The summed E-state index contributed by atoms with van der Waals surface area (Å²) >= 11 is 0. The van der Waals surface area contributed by atoms with E-state index in [0.717, 1.165) is 18.5 Å². The number of aryl methyl sites for hydroxylation is 1. The van der Waals surface area contributed by atoms with Gasteiger partial charge in [-0.15, -0.1) is 0 Å². The third-order valence-electron chi connectivity index (χ3n) is 8.07. The predicted octanol–water partition coefficient (Wildman–Crippen LogP) is 5.25. The summed E-state index contributed by atoms with van der Waals surface area (Å²) in [6, 6.07) is 11.3. The van der Waals surface area contributed by atoms with E-state index < -0.39 is 21.3 Å². The van der Waals surface area contributed by atoms with Gasteiger partial charge in [0.15, 0.2) is 0 Å². The summed E-state index contributed by atoms with van der Waals surface area (Å²) in [4.78, 5) is 23.8. The van der Waals surface area contributed by atoms with Crippen LogP contribution in [0.5, 0.6) is 5.88 Å². The highest BCUT2D eigenvalue weighted by atomic mass is 32.2. The first kappa shape index (κ1) is 28.0. The molecule has 1 saturated carbocycles. The van der Waals surface area contributed by atoms with Crippen molar-refractivity contribution in [3.8, 4) is 17.0 Å². The van der Waals surface area contributed by atoms with Gasteiger partial charge in [0.2, 0.25) is 11.8 Å². The van der Waals surface area contributed by atoms with Crippen LogP contribution >= 0.6 is 0 Å². The van der Waals surface area contributed by atoms with Gasteiger partial charge in [-0.25, -0.2) is 17.8 Å². The van der Waals surface area contributed by atoms with E-state index >= 15 is 4.39 Å². The summed E-state index contributed by atoms with van der Waals surface area (Å²) < 4.78 is 51.6. The largest absolute Gasteiger partial charge is 0.476 e. The molecule has 0 atom stereocenters. The van der Waals surface area contributed by atoms with Crippen LogP contribution in [0, 0.1) is 12.7 Å². The van der Waals surface area contributed by atoms with Crippen LogP contribution in [0.25, 0.3) is 22.0 Å². The van der Waals surface area contributed by atoms with Gasteiger partial charge in [0.1, 0.15) is 11.5 Å². The fourth-order valence-corrected chi connectivity index (χ4v) is 6.73. The van der Waals surface area contributed by atoms with Gasteiger partial charge in [-0.05, 0) is 70.6 Å². The molecule has 1 fully saturated rings. The normalized spacial score (nSPS) is 15.5. The van der Waals surface area contributed by atoms with Crippen LogP contribution in [0.15, 0.2) is 59.8 Å². The molecule has 0 bridgehead atoms. The van der Waals surface area contributed by atoms with Crippen molar-refractivity contribution >= 4 is 38.2 Å². The summed E-state index contributed by atoms with van der Waals surface area (Å²) in [5.74, 6) is -0.554. The smallest absolute Gasteiger partial charge is 0.262 e. The first-order chi connectivity index (χ1) is 20.1. The standard InChI is InChI=1S/C31H32FN5O4S/c1-19-6-8-21(9-7-19)42(39,40)36-24-16-20(17-34-29(24)41-15-5-14-37(2)3)22-10-11-23-26(28(22)32)27-25(18-33-23)35-30(38)31(27)12-4-13-31/h6-11,16-18,36H,4-5,12-15H2,1-3H3,(H,35,38). The van der Waals surface area contributed by atoms with Crippen molar-refractivity contribution in [3.05, 3.63) is 71.8 Å². The van der Waals surface area contributed by atoms with Crippen molar-refractivity contribution in [1.82, 2.24) is 14.9 Å². The van der Waals surface area contributed by atoms with Crippen LogP contribution in [0.3, 0.4) is 0 Å². The Kier molecular flexibility index (Phi) is 7.10. The van der Waals surface area contributed by atoms with Crippen molar-refractivity contribution in [2.24, 2.45) is 0 Å².